The maximum Gasteiger partial charge on any atom is 0.408 e. The minimum absolute atomic E-state index is 0.0137. The molecule has 6 amide bonds. The largest absolute Gasteiger partial charge is 0.459 e. The summed E-state index contributed by atoms with van der Waals surface area (Å²) in [6, 6.07) is 13.4. The number of nitrogens with two attached hydrogens (primary N) is 2. The Hall–Kier alpha value is -5.73. The first-order chi connectivity index (χ1) is 26.3. The SMILES string of the molecule is CC(C)C[C@H](NC(=O)OCc1ccccc1)C(=O)N[C@@H](Cc1ccccc1)C(=O)N[C@@H](CCC(N)=O)C(=O)N[C@H](/C=C/C(=O)OC1CCCC1)CCC(N)=O. The lowest BCUT2D eigenvalue weighted by atomic mass is 10.0. The summed E-state index contributed by atoms with van der Waals surface area (Å²) in [5.41, 5.74) is 12.2. The van der Waals surface area contributed by atoms with Gasteiger partial charge in [0.25, 0.3) is 0 Å². The summed E-state index contributed by atoms with van der Waals surface area (Å²) < 4.78 is 10.8. The summed E-state index contributed by atoms with van der Waals surface area (Å²) in [5, 5.41) is 10.7. The quantitative estimate of drug-likeness (QED) is 0.0763. The van der Waals surface area contributed by atoms with Crippen LogP contribution in [0.3, 0.4) is 0 Å². The van der Waals surface area contributed by atoms with Crippen LogP contribution in [0.2, 0.25) is 0 Å². The zero-order valence-electron chi connectivity index (χ0n) is 31.5. The van der Waals surface area contributed by atoms with E-state index in [2.05, 4.69) is 21.3 Å². The molecule has 1 fully saturated rings. The third-order valence-electron chi connectivity index (χ3n) is 8.84. The molecule has 0 aliphatic heterocycles. The Kier molecular flexibility index (Phi) is 18.4. The highest BCUT2D eigenvalue weighted by Crippen LogP contribution is 2.21. The Morgan fingerprint density at radius 3 is 1.85 bits per heavy atom. The van der Waals surface area contributed by atoms with Crippen molar-refractivity contribution in [2.75, 3.05) is 0 Å². The van der Waals surface area contributed by atoms with Crippen LogP contribution in [0.4, 0.5) is 4.79 Å². The molecule has 0 radical (unpaired) electrons. The highest BCUT2D eigenvalue weighted by Gasteiger charge is 2.31. The number of hydrogen-bond acceptors (Lipinski definition) is 9. The predicted molar refractivity (Wildman–Crippen MR) is 203 cm³/mol. The van der Waals surface area contributed by atoms with Crippen molar-refractivity contribution in [3.8, 4) is 0 Å². The van der Waals surface area contributed by atoms with Crippen molar-refractivity contribution in [1.29, 1.82) is 0 Å². The molecular weight excluding hydrogens is 708 g/mol. The number of nitrogens with one attached hydrogen (secondary N) is 4. The fourth-order valence-corrected chi connectivity index (χ4v) is 5.97. The molecule has 1 saturated carbocycles. The van der Waals surface area contributed by atoms with Crippen molar-refractivity contribution in [2.24, 2.45) is 17.4 Å². The number of hydrogen-bond donors (Lipinski definition) is 6. The van der Waals surface area contributed by atoms with Crippen molar-refractivity contribution in [2.45, 2.75) is 115 Å². The maximum absolute atomic E-state index is 14.0. The highest BCUT2D eigenvalue weighted by atomic mass is 16.5. The Labute approximate surface area is 321 Å². The van der Waals surface area contributed by atoms with E-state index in [-0.39, 0.29) is 57.2 Å². The minimum Gasteiger partial charge on any atom is -0.459 e. The highest BCUT2D eigenvalue weighted by molar-refractivity contribution is 5.94. The van der Waals surface area contributed by atoms with Crippen LogP contribution in [0.1, 0.15) is 82.8 Å². The molecule has 4 atom stereocenters. The molecule has 8 N–H and O–H groups in total. The van der Waals surface area contributed by atoms with Gasteiger partial charge in [0.05, 0.1) is 0 Å². The summed E-state index contributed by atoms with van der Waals surface area (Å²) in [5.74, 6) is -4.12. The molecule has 3 rings (SSSR count). The summed E-state index contributed by atoms with van der Waals surface area (Å²) in [4.78, 5) is 90.1. The molecule has 0 bridgehead atoms. The minimum atomic E-state index is -1.32. The van der Waals surface area contributed by atoms with Crippen LogP contribution in [0.5, 0.6) is 0 Å². The van der Waals surface area contributed by atoms with Crippen molar-refractivity contribution in [3.05, 3.63) is 83.9 Å². The number of carbonyl (C=O) groups excluding carboxylic acids is 7. The van der Waals surface area contributed by atoms with Gasteiger partial charge < -0.3 is 42.2 Å². The van der Waals surface area contributed by atoms with Gasteiger partial charge in [-0.15, -0.1) is 0 Å². The van der Waals surface area contributed by atoms with Gasteiger partial charge in [0.1, 0.15) is 30.8 Å². The van der Waals surface area contributed by atoms with E-state index in [0.29, 0.717) is 5.56 Å². The Morgan fingerprint density at radius 2 is 1.25 bits per heavy atom. The van der Waals surface area contributed by atoms with Crippen LogP contribution in [0, 0.1) is 5.92 Å². The van der Waals surface area contributed by atoms with E-state index < -0.39 is 65.8 Å². The molecule has 0 heterocycles. The second kappa shape index (κ2) is 23.1. The van der Waals surface area contributed by atoms with Gasteiger partial charge in [0.2, 0.25) is 29.5 Å². The normalized spacial score (nSPS) is 15.0. The molecule has 0 aromatic heterocycles. The first-order valence-corrected chi connectivity index (χ1v) is 18.7. The van der Waals surface area contributed by atoms with Crippen LogP contribution in [-0.4, -0.2) is 71.9 Å². The van der Waals surface area contributed by atoms with E-state index in [9.17, 15) is 33.6 Å². The second-order valence-corrected chi connectivity index (χ2v) is 14.0. The van der Waals surface area contributed by atoms with Crippen molar-refractivity contribution in [3.63, 3.8) is 0 Å². The number of amides is 6. The molecule has 298 valence electrons. The molecular formula is C40H54N6O9. The van der Waals surface area contributed by atoms with Gasteiger partial charge in [0.15, 0.2) is 0 Å². The van der Waals surface area contributed by atoms with E-state index in [1.165, 1.54) is 12.2 Å². The van der Waals surface area contributed by atoms with E-state index in [1.54, 1.807) is 54.6 Å². The van der Waals surface area contributed by atoms with E-state index in [1.807, 2.05) is 19.9 Å². The summed E-state index contributed by atoms with van der Waals surface area (Å²) in [6.07, 6.45) is 4.72. The van der Waals surface area contributed by atoms with Gasteiger partial charge >= 0.3 is 12.1 Å². The van der Waals surface area contributed by atoms with Crippen molar-refractivity contribution >= 4 is 41.6 Å². The third-order valence-corrected chi connectivity index (χ3v) is 8.84. The van der Waals surface area contributed by atoms with Crippen LogP contribution >= 0.6 is 0 Å². The number of alkyl carbamates (subject to hydrolysis) is 1. The number of benzene rings is 2. The number of esters is 1. The Bertz CT molecular complexity index is 1610. The van der Waals surface area contributed by atoms with Crippen LogP contribution < -0.4 is 32.7 Å². The number of rotatable bonds is 22. The molecule has 0 spiro atoms. The Balaban J connectivity index is 1.79. The average molecular weight is 763 g/mol. The third kappa shape index (κ3) is 17.3. The van der Waals surface area contributed by atoms with Gasteiger partial charge in [-0.1, -0.05) is 80.6 Å². The van der Waals surface area contributed by atoms with Gasteiger partial charge in [-0.3, -0.25) is 24.0 Å². The fourth-order valence-electron chi connectivity index (χ4n) is 5.97. The number of carbonyl (C=O) groups is 7. The molecule has 55 heavy (non-hydrogen) atoms. The first-order valence-electron chi connectivity index (χ1n) is 18.7. The molecule has 0 saturated heterocycles. The topological polar surface area (TPSA) is 238 Å². The predicted octanol–water partition coefficient (Wildman–Crippen LogP) is 2.60. The first kappa shape index (κ1) is 43.7. The standard InChI is InChI=1S/C40H54N6O9/c1-26(2)23-32(46-40(53)54-25-28-13-7-4-8-14-28)38(51)45-33(24-27-11-5-3-6-12-27)39(52)44-31(19-21-35(42)48)37(50)43-29(17-20-34(41)47)18-22-36(49)55-30-15-9-10-16-30/h3-8,11-14,18,22,26,29-33H,9-10,15-17,19-21,23-25H2,1-2H3,(H2,41,47)(H2,42,48)(H,43,50)(H,44,52)(H,45,51)(H,46,53)/b22-18+/t29-,31-,32-,33-/m0/s1. The van der Waals surface area contributed by atoms with Crippen LogP contribution in [0.15, 0.2) is 72.8 Å². The smallest absolute Gasteiger partial charge is 0.408 e. The molecule has 15 nitrogen and oxygen atoms in total. The van der Waals surface area contributed by atoms with Gasteiger partial charge in [-0.2, -0.15) is 0 Å². The molecule has 1 aliphatic rings. The zero-order chi connectivity index (χ0) is 40.2. The molecule has 1 aliphatic carbocycles. The molecule has 0 unspecified atom stereocenters. The monoisotopic (exact) mass is 762 g/mol. The number of ether oxygens (including phenoxy) is 2. The fraction of sp³-hybridized carbons (Fsp3) is 0.475. The van der Waals surface area contributed by atoms with E-state index in [0.717, 1.165) is 31.2 Å². The molecule has 2 aromatic carbocycles. The molecule has 2 aromatic rings. The second-order valence-electron chi connectivity index (χ2n) is 14.0. The lowest BCUT2D eigenvalue weighted by Gasteiger charge is -2.26. The lowest BCUT2D eigenvalue weighted by Crippen LogP contribution is -2.58. The number of primary amides is 2. The van der Waals surface area contributed by atoms with Crippen LogP contribution in [-0.2, 0) is 51.3 Å². The Morgan fingerprint density at radius 1 is 0.709 bits per heavy atom. The maximum atomic E-state index is 14.0. The van der Waals surface area contributed by atoms with Gasteiger partial charge in [-0.25, -0.2) is 9.59 Å². The lowest BCUT2D eigenvalue weighted by molar-refractivity contribution is -0.142. The van der Waals surface area contributed by atoms with E-state index >= 15 is 0 Å². The average Bonchev–Trinajstić information content (AvgIpc) is 3.66. The van der Waals surface area contributed by atoms with Crippen LogP contribution in [0.25, 0.3) is 0 Å². The molecule has 15 heteroatoms. The van der Waals surface area contributed by atoms with Gasteiger partial charge in [-0.05, 0) is 62.0 Å². The van der Waals surface area contributed by atoms with E-state index in [4.69, 9.17) is 20.9 Å². The zero-order valence-corrected chi connectivity index (χ0v) is 31.5. The summed E-state index contributed by atoms with van der Waals surface area (Å²) in [7, 11) is 0. The summed E-state index contributed by atoms with van der Waals surface area (Å²) in [6.45, 7) is 3.73. The van der Waals surface area contributed by atoms with Crippen molar-refractivity contribution < 1.29 is 43.0 Å². The summed E-state index contributed by atoms with van der Waals surface area (Å²) >= 11 is 0. The van der Waals surface area contributed by atoms with Crippen molar-refractivity contribution in [1.82, 2.24) is 21.3 Å². The van der Waals surface area contributed by atoms with Gasteiger partial charge in [0, 0.05) is 31.4 Å².